The van der Waals surface area contributed by atoms with Crippen LogP contribution in [0.5, 0.6) is 0 Å². The molecule has 0 fully saturated rings. The Morgan fingerprint density at radius 2 is 0.923 bits per heavy atom. The van der Waals surface area contributed by atoms with Gasteiger partial charge in [0, 0.05) is 22.0 Å². The van der Waals surface area contributed by atoms with Crippen LogP contribution in [0.25, 0.3) is 66.4 Å². The van der Waals surface area contributed by atoms with Crippen molar-refractivity contribution >= 4 is 39.0 Å². The zero-order valence-corrected chi connectivity index (χ0v) is 37.3. The number of nitrogens with zero attached hydrogens (tertiary/aromatic N) is 1. The van der Waals surface area contributed by atoms with Crippen molar-refractivity contribution in [2.45, 2.75) is 56.8 Å². The van der Waals surface area contributed by atoms with Crippen LogP contribution in [0.2, 0.25) is 0 Å². The topological polar surface area (TPSA) is 16.4 Å². The minimum absolute atomic E-state index is 0.0402. The lowest BCUT2D eigenvalue weighted by Gasteiger charge is -2.42. The van der Waals surface area contributed by atoms with Crippen molar-refractivity contribution in [2.75, 3.05) is 4.90 Å². The number of benzene rings is 9. The molecule has 0 unspecified atom stereocenters. The van der Waals surface area contributed by atoms with Gasteiger partial charge >= 0.3 is 0 Å². The Morgan fingerprint density at radius 1 is 0.369 bits per heavy atom. The van der Waals surface area contributed by atoms with Gasteiger partial charge in [-0.3, -0.25) is 0 Å². The van der Waals surface area contributed by atoms with E-state index in [2.05, 4.69) is 233 Å². The summed E-state index contributed by atoms with van der Waals surface area (Å²) in [5.41, 5.74) is 22.8. The van der Waals surface area contributed by atoms with Gasteiger partial charge in [0.15, 0.2) is 5.58 Å². The van der Waals surface area contributed by atoms with Crippen LogP contribution in [0.1, 0.15) is 73.9 Å². The minimum atomic E-state index is -0.511. The maximum Gasteiger partial charge on any atom is 0.159 e. The fraction of sp³-hybridized carbons (Fsp3) is 0.143. The van der Waals surface area contributed by atoms with Crippen molar-refractivity contribution in [3.63, 3.8) is 0 Å². The molecular formula is C63H49NO. The zero-order chi connectivity index (χ0) is 43.7. The molecule has 312 valence electrons. The quantitative estimate of drug-likeness (QED) is 0.172. The average molecular weight is 836 g/mol. The molecule has 10 aromatic rings. The molecule has 0 amide bonds. The first-order valence-electron chi connectivity index (χ1n) is 23.2. The van der Waals surface area contributed by atoms with E-state index in [1.165, 1.54) is 84.3 Å². The van der Waals surface area contributed by atoms with Gasteiger partial charge in [0.05, 0.1) is 16.8 Å². The highest BCUT2D eigenvalue weighted by atomic mass is 16.3. The molecule has 65 heavy (non-hydrogen) atoms. The van der Waals surface area contributed by atoms with Crippen LogP contribution in [-0.2, 0) is 16.2 Å². The van der Waals surface area contributed by atoms with Crippen molar-refractivity contribution in [3.8, 4) is 44.5 Å². The number of hydrogen-bond donors (Lipinski definition) is 0. The lowest BCUT2D eigenvalue weighted by Crippen LogP contribution is -2.33. The summed E-state index contributed by atoms with van der Waals surface area (Å²) in [6, 6.07) is 74.8. The lowest BCUT2D eigenvalue weighted by molar-refractivity contribution is 0.332. The first kappa shape index (κ1) is 38.1. The van der Waals surface area contributed by atoms with Gasteiger partial charge in [0.1, 0.15) is 5.58 Å². The van der Waals surface area contributed by atoms with E-state index in [1.54, 1.807) is 0 Å². The number of fused-ring (bicyclic) bond motifs is 14. The molecule has 2 heteroatoms. The standard InChI is InChI=1S/C63H49NO/c1-61(2)35-36-62(3,4)56-37-42(31-34-54(56)61)49-38-50-46-21-10-14-26-53(46)63(51-24-12-8-19-44(51)45-20-9-13-25-52(45)63)55(50)39-58(49)64(43-32-29-41(30-33-43)40-17-6-5-7-18-40)57-27-16-23-48-47-22-11-15-28-59(47)65-60(48)57/h5-34,37-39H,35-36H2,1-4H3. The van der Waals surface area contributed by atoms with E-state index in [-0.39, 0.29) is 10.8 Å². The molecule has 1 aromatic heterocycles. The first-order chi connectivity index (χ1) is 31.7. The summed E-state index contributed by atoms with van der Waals surface area (Å²) in [4.78, 5) is 2.49. The summed E-state index contributed by atoms with van der Waals surface area (Å²) >= 11 is 0. The third-order valence-electron chi connectivity index (χ3n) is 15.4. The Kier molecular flexibility index (Phi) is 8.08. The van der Waals surface area contributed by atoms with Gasteiger partial charge in [-0.1, -0.05) is 191 Å². The number of furan rings is 1. The van der Waals surface area contributed by atoms with Crippen LogP contribution in [0.15, 0.2) is 205 Å². The summed E-state index contributed by atoms with van der Waals surface area (Å²) in [5.74, 6) is 0. The SMILES string of the molecule is CC1(C)CCC(C)(C)c2cc(-c3cc4c(cc3N(c3ccc(-c5ccccc5)cc3)c3cccc5c3oc3ccccc35)C3(c5ccccc5-c5ccccc53)c3ccccc3-4)ccc21. The van der Waals surface area contributed by atoms with E-state index in [1.807, 2.05) is 0 Å². The Labute approximate surface area is 381 Å². The second-order valence-electron chi connectivity index (χ2n) is 19.8. The van der Waals surface area contributed by atoms with Crippen molar-refractivity contribution in [1.82, 2.24) is 0 Å². The molecule has 0 bridgehead atoms. The highest BCUT2D eigenvalue weighted by Gasteiger charge is 2.52. The summed E-state index contributed by atoms with van der Waals surface area (Å²) < 4.78 is 6.96. The van der Waals surface area contributed by atoms with Gasteiger partial charge < -0.3 is 9.32 Å². The van der Waals surface area contributed by atoms with Gasteiger partial charge in [-0.25, -0.2) is 0 Å². The molecule has 0 N–H and O–H groups in total. The maximum atomic E-state index is 6.96. The third-order valence-corrected chi connectivity index (χ3v) is 15.4. The second-order valence-corrected chi connectivity index (χ2v) is 19.8. The number of hydrogen-bond acceptors (Lipinski definition) is 2. The zero-order valence-electron chi connectivity index (χ0n) is 37.3. The van der Waals surface area contributed by atoms with Crippen LogP contribution < -0.4 is 4.90 Å². The van der Waals surface area contributed by atoms with Crippen molar-refractivity contribution in [3.05, 3.63) is 234 Å². The van der Waals surface area contributed by atoms with Crippen molar-refractivity contribution in [2.24, 2.45) is 0 Å². The van der Waals surface area contributed by atoms with Crippen molar-refractivity contribution in [1.29, 1.82) is 0 Å². The molecular weight excluding hydrogens is 787 g/mol. The summed E-state index contributed by atoms with van der Waals surface area (Å²) in [6.45, 7) is 9.72. The normalized spacial score (nSPS) is 15.6. The van der Waals surface area contributed by atoms with E-state index in [9.17, 15) is 0 Å². The van der Waals surface area contributed by atoms with E-state index in [0.717, 1.165) is 45.4 Å². The van der Waals surface area contributed by atoms with Crippen LogP contribution in [-0.4, -0.2) is 0 Å². The average Bonchev–Trinajstić information content (AvgIpc) is 3.98. The lowest BCUT2D eigenvalue weighted by atomic mass is 9.63. The maximum absolute atomic E-state index is 6.96. The van der Waals surface area contributed by atoms with Gasteiger partial charge in [-0.05, 0) is 132 Å². The molecule has 0 aliphatic heterocycles. The van der Waals surface area contributed by atoms with E-state index in [4.69, 9.17) is 4.42 Å². The van der Waals surface area contributed by atoms with Gasteiger partial charge in [0.2, 0.25) is 0 Å². The highest BCUT2D eigenvalue weighted by molar-refractivity contribution is 6.11. The molecule has 0 atom stereocenters. The van der Waals surface area contributed by atoms with Crippen molar-refractivity contribution < 1.29 is 4.42 Å². The highest BCUT2D eigenvalue weighted by Crippen LogP contribution is 2.64. The molecule has 0 saturated heterocycles. The Bertz CT molecular complexity index is 3500. The Morgan fingerprint density at radius 3 is 1.62 bits per heavy atom. The van der Waals surface area contributed by atoms with Gasteiger partial charge in [-0.2, -0.15) is 0 Å². The molecule has 3 aliphatic carbocycles. The summed E-state index contributed by atoms with van der Waals surface area (Å²) in [6.07, 6.45) is 2.32. The fourth-order valence-corrected chi connectivity index (χ4v) is 12.0. The summed E-state index contributed by atoms with van der Waals surface area (Å²) in [7, 11) is 0. The summed E-state index contributed by atoms with van der Waals surface area (Å²) in [5, 5.41) is 2.22. The third kappa shape index (κ3) is 5.41. The molecule has 13 rings (SSSR count). The van der Waals surface area contributed by atoms with Gasteiger partial charge in [0.25, 0.3) is 0 Å². The minimum Gasteiger partial charge on any atom is -0.454 e. The molecule has 3 aliphatic rings. The smallest absolute Gasteiger partial charge is 0.159 e. The van der Waals surface area contributed by atoms with Gasteiger partial charge in [-0.15, -0.1) is 0 Å². The molecule has 0 radical (unpaired) electrons. The number of rotatable bonds is 5. The fourth-order valence-electron chi connectivity index (χ4n) is 12.0. The predicted octanol–water partition coefficient (Wildman–Crippen LogP) is 17.1. The largest absolute Gasteiger partial charge is 0.454 e. The Balaban J connectivity index is 1.16. The van der Waals surface area contributed by atoms with E-state index in [0.29, 0.717) is 0 Å². The molecule has 9 aromatic carbocycles. The van der Waals surface area contributed by atoms with E-state index >= 15 is 0 Å². The Hall–Kier alpha value is -7.42. The monoisotopic (exact) mass is 835 g/mol. The molecule has 1 spiro atoms. The van der Waals surface area contributed by atoms with Crippen LogP contribution in [0, 0.1) is 0 Å². The van der Waals surface area contributed by atoms with E-state index < -0.39 is 5.41 Å². The van der Waals surface area contributed by atoms with Crippen LogP contribution in [0.3, 0.4) is 0 Å². The van der Waals surface area contributed by atoms with Crippen LogP contribution in [0.4, 0.5) is 17.1 Å². The second kappa shape index (κ2) is 13.8. The molecule has 2 nitrogen and oxygen atoms in total. The predicted molar refractivity (Wildman–Crippen MR) is 271 cm³/mol. The molecule has 0 saturated carbocycles. The van der Waals surface area contributed by atoms with Crippen LogP contribution >= 0.6 is 0 Å². The number of anilines is 3. The first-order valence-corrected chi connectivity index (χ1v) is 23.2. The number of para-hydroxylation sites is 2. The molecule has 1 heterocycles.